The van der Waals surface area contributed by atoms with E-state index in [0.29, 0.717) is 0 Å². The molecule has 0 bridgehead atoms. The first-order valence-corrected chi connectivity index (χ1v) is 6.51. The number of nitrogens with zero attached hydrogens (tertiary/aromatic N) is 1. The molecule has 0 aliphatic heterocycles. The van der Waals surface area contributed by atoms with Crippen LogP contribution in [0, 0.1) is 6.92 Å². The van der Waals surface area contributed by atoms with E-state index in [4.69, 9.17) is 0 Å². The number of hydrogen-bond donors (Lipinski definition) is 0. The molecule has 0 saturated heterocycles. The molecule has 0 radical (unpaired) electrons. The van der Waals surface area contributed by atoms with Gasteiger partial charge in [-0.15, -0.1) is 11.3 Å². The van der Waals surface area contributed by atoms with Crippen molar-refractivity contribution in [2.24, 2.45) is 4.99 Å². The molecule has 0 aliphatic carbocycles. The summed E-state index contributed by atoms with van der Waals surface area (Å²) < 4.78 is 0. The lowest BCUT2D eigenvalue weighted by atomic mass is 10.2. The molecule has 2 heteroatoms. The largest absolute Gasteiger partial charge is 0.293 e. The third-order valence-electron chi connectivity index (χ3n) is 2.21. The van der Waals surface area contributed by atoms with Gasteiger partial charge in [0.25, 0.3) is 0 Å². The number of allylic oxidation sites excluding steroid dienone is 3. The zero-order valence-electron chi connectivity index (χ0n) is 10.2. The van der Waals surface area contributed by atoms with Crippen molar-refractivity contribution in [3.63, 3.8) is 0 Å². The lowest BCUT2D eigenvalue weighted by molar-refractivity contribution is 1.13. The highest BCUT2D eigenvalue weighted by molar-refractivity contribution is 7.12. The molecular weight excluding hydrogens is 214 g/mol. The average Bonchev–Trinajstić information content (AvgIpc) is 2.69. The van der Waals surface area contributed by atoms with Crippen molar-refractivity contribution in [3.8, 4) is 0 Å². The highest BCUT2D eigenvalue weighted by Gasteiger charge is 1.91. The number of thiophene rings is 1. The Morgan fingerprint density at radius 3 is 2.75 bits per heavy atom. The minimum absolute atomic E-state index is 0.849. The molecule has 0 fully saturated rings. The molecular formula is C14H19NS. The topological polar surface area (TPSA) is 12.4 Å². The molecule has 86 valence electrons. The van der Waals surface area contributed by atoms with Crippen LogP contribution in [0.25, 0.3) is 6.08 Å². The fraction of sp³-hybridized carbons (Fsp3) is 0.357. The van der Waals surface area contributed by atoms with Gasteiger partial charge in [-0.1, -0.05) is 13.0 Å². The van der Waals surface area contributed by atoms with Crippen LogP contribution >= 0.6 is 11.3 Å². The van der Waals surface area contributed by atoms with Crippen LogP contribution in [0.2, 0.25) is 0 Å². The molecule has 16 heavy (non-hydrogen) atoms. The van der Waals surface area contributed by atoms with Gasteiger partial charge < -0.3 is 0 Å². The minimum Gasteiger partial charge on any atom is -0.293 e. The van der Waals surface area contributed by atoms with E-state index >= 15 is 0 Å². The number of aliphatic imine (C=N–C) groups is 1. The Kier molecular flexibility index (Phi) is 5.79. The Morgan fingerprint density at radius 2 is 2.19 bits per heavy atom. The monoisotopic (exact) mass is 233 g/mol. The predicted molar refractivity (Wildman–Crippen MR) is 75.5 cm³/mol. The normalized spacial score (nSPS) is 13.1. The second kappa shape index (κ2) is 7.18. The fourth-order valence-electron chi connectivity index (χ4n) is 1.28. The molecule has 1 aromatic rings. The number of rotatable bonds is 5. The maximum atomic E-state index is 4.19. The van der Waals surface area contributed by atoms with Crippen LogP contribution in [0.5, 0.6) is 0 Å². The Hall–Kier alpha value is -1.15. The van der Waals surface area contributed by atoms with E-state index < -0.39 is 0 Å². The number of hydrogen-bond acceptors (Lipinski definition) is 2. The van der Waals surface area contributed by atoms with Crippen LogP contribution in [-0.2, 0) is 0 Å². The van der Waals surface area contributed by atoms with Gasteiger partial charge in [-0.05, 0) is 50.1 Å². The highest BCUT2D eigenvalue weighted by Crippen LogP contribution is 2.17. The van der Waals surface area contributed by atoms with Crippen molar-refractivity contribution in [3.05, 3.63) is 39.6 Å². The standard InChI is InChI=1S/C14H19NS/c1-4-13(10-11-15-5-2)7-9-14-8-6-12(3)16-14/h6-11H,4-5H2,1-3H3/b9-7+,13-10+,15-11?. The van der Waals surface area contributed by atoms with E-state index in [0.717, 1.165) is 13.0 Å². The first kappa shape index (κ1) is 12.9. The summed E-state index contributed by atoms with van der Waals surface area (Å²) >= 11 is 1.82. The van der Waals surface area contributed by atoms with Crippen molar-refractivity contribution in [2.75, 3.05) is 6.54 Å². The van der Waals surface area contributed by atoms with Gasteiger partial charge in [-0.3, -0.25) is 4.99 Å². The van der Waals surface area contributed by atoms with Crippen molar-refractivity contribution in [1.82, 2.24) is 0 Å². The zero-order chi connectivity index (χ0) is 11.8. The lowest BCUT2D eigenvalue weighted by Crippen LogP contribution is -1.77. The molecule has 0 N–H and O–H groups in total. The lowest BCUT2D eigenvalue weighted by Gasteiger charge is -1.93. The summed E-state index contributed by atoms with van der Waals surface area (Å²) in [6, 6.07) is 4.31. The van der Waals surface area contributed by atoms with Crippen LogP contribution in [0.4, 0.5) is 0 Å². The van der Waals surface area contributed by atoms with E-state index in [1.807, 2.05) is 24.5 Å². The first-order chi connectivity index (χ1) is 7.76. The summed E-state index contributed by atoms with van der Waals surface area (Å²) in [6.07, 6.45) is 9.36. The molecule has 0 amide bonds. The van der Waals surface area contributed by atoms with Crippen LogP contribution < -0.4 is 0 Å². The molecule has 0 spiro atoms. The van der Waals surface area contributed by atoms with E-state index in [-0.39, 0.29) is 0 Å². The Bertz CT molecular complexity index is 397. The fourth-order valence-corrected chi connectivity index (χ4v) is 2.06. The van der Waals surface area contributed by atoms with Gasteiger partial charge in [-0.2, -0.15) is 0 Å². The Balaban J connectivity index is 2.66. The molecule has 0 unspecified atom stereocenters. The van der Waals surface area contributed by atoms with Gasteiger partial charge in [0.05, 0.1) is 0 Å². The van der Waals surface area contributed by atoms with Gasteiger partial charge >= 0.3 is 0 Å². The summed E-state index contributed by atoms with van der Waals surface area (Å²) in [4.78, 5) is 6.85. The van der Waals surface area contributed by atoms with Crippen molar-refractivity contribution in [2.45, 2.75) is 27.2 Å². The van der Waals surface area contributed by atoms with Gasteiger partial charge in [0, 0.05) is 22.5 Å². The molecule has 0 aromatic carbocycles. The summed E-state index contributed by atoms with van der Waals surface area (Å²) in [7, 11) is 0. The van der Waals surface area contributed by atoms with E-state index in [1.54, 1.807) is 0 Å². The maximum Gasteiger partial charge on any atom is 0.0360 e. The van der Waals surface area contributed by atoms with E-state index in [2.05, 4.69) is 49.2 Å². The van der Waals surface area contributed by atoms with Gasteiger partial charge in [0.15, 0.2) is 0 Å². The second-order valence-electron chi connectivity index (χ2n) is 3.52. The molecule has 0 saturated carbocycles. The molecule has 1 heterocycles. The molecule has 1 aromatic heterocycles. The van der Waals surface area contributed by atoms with Crippen LogP contribution in [0.3, 0.4) is 0 Å². The summed E-state index contributed by atoms with van der Waals surface area (Å²) in [5.41, 5.74) is 1.31. The van der Waals surface area contributed by atoms with E-state index in [1.165, 1.54) is 15.3 Å². The van der Waals surface area contributed by atoms with Crippen molar-refractivity contribution < 1.29 is 0 Å². The van der Waals surface area contributed by atoms with E-state index in [9.17, 15) is 0 Å². The average molecular weight is 233 g/mol. The Labute approximate surface area is 102 Å². The molecule has 0 atom stereocenters. The highest BCUT2D eigenvalue weighted by atomic mass is 32.1. The summed E-state index contributed by atoms with van der Waals surface area (Å²) in [5.74, 6) is 0. The first-order valence-electron chi connectivity index (χ1n) is 5.69. The maximum absolute atomic E-state index is 4.19. The third-order valence-corrected chi connectivity index (χ3v) is 3.17. The van der Waals surface area contributed by atoms with Crippen LogP contribution in [-0.4, -0.2) is 12.8 Å². The Morgan fingerprint density at radius 1 is 1.38 bits per heavy atom. The summed E-state index contributed by atoms with van der Waals surface area (Å²) in [5, 5.41) is 0. The summed E-state index contributed by atoms with van der Waals surface area (Å²) in [6.45, 7) is 7.18. The van der Waals surface area contributed by atoms with Crippen molar-refractivity contribution in [1.29, 1.82) is 0 Å². The van der Waals surface area contributed by atoms with Gasteiger partial charge in [0.1, 0.15) is 0 Å². The van der Waals surface area contributed by atoms with Gasteiger partial charge in [-0.25, -0.2) is 0 Å². The van der Waals surface area contributed by atoms with Crippen LogP contribution in [0.1, 0.15) is 30.0 Å². The van der Waals surface area contributed by atoms with Gasteiger partial charge in [0.2, 0.25) is 0 Å². The van der Waals surface area contributed by atoms with Crippen LogP contribution in [0.15, 0.2) is 34.9 Å². The van der Waals surface area contributed by atoms with Crippen molar-refractivity contribution >= 4 is 23.6 Å². The zero-order valence-corrected chi connectivity index (χ0v) is 11.1. The third kappa shape index (κ3) is 4.58. The molecule has 1 rings (SSSR count). The molecule has 0 aliphatic rings. The minimum atomic E-state index is 0.849. The molecule has 1 nitrogen and oxygen atoms in total. The number of aryl methyl sites for hydroxylation is 1. The smallest absolute Gasteiger partial charge is 0.0360 e. The SMILES string of the molecule is CCN=C/C=C(/C=C/c1ccc(C)s1)CC. The second-order valence-corrected chi connectivity index (χ2v) is 4.84. The quantitative estimate of drug-likeness (QED) is 0.524. The predicted octanol–water partition coefficient (Wildman–Crippen LogP) is 4.50.